The van der Waals surface area contributed by atoms with Crippen LogP contribution in [0.4, 0.5) is 110 Å². The monoisotopic (exact) mass is 704 g/mol. The summed E-state index contributed by atoms with van der Waals surface area (Å²) < 4.78 is 337. The molecule has 0 rings (SSSR count). The van der Waals surface area contributed by atoms with Crippen LogP contribution in [0.2, 0.25) is 0 Å². The van der Waals surface area contributed by atoms with Crippen LogP contribution < -0.4 is 0 Å². The number of rotatable bonds is 15. The zero-order valence-electron chi connectivity index (χ0n) is 19.3. The van der Waals surface area contributed by atoms with Crippen LogP contribution in [0.15, 0.2) is 12.7 Å². The molecule has 0 amide bonds. The van der Waals surface area contributed by atoms with E-state index in [1.54, 1.807) is 0 Å². The fourth-order valence-corrected chi connectivity index (χ4v) is 2.51. The molecule has 0 heterocycles. The molecule has 0 aliphatic carbocycles. The predicted molar refractivity (Wildman–Crippen MR) is 86.1 cm³/mol. The van der Waals surface area contributed by atoms with Crippen molar-refractivity contribution in [2.45, 2.75) is 77.7 Å². The highest BCUT2D eigenvalue weighted by molar-refractivity contribution is 5.19. The smallest absolute Gasteiger partial charge is 0.377 e. The van der Waals surface area contributed by atoms with Crippen molar-refractivity contribution in [3.63, 3.8) is 0 Å². The van der Waals surface area contributed by atoms with Crippen LogP contribution in [0.3, 0.4) is 0 Å². The molecule has 26 heteroatoms. The summed E-state index contributed by atoms with van der Waals surface area (Å²) in [5.74, 6) is -98.1. The van der Waals surface area contributed by atoms with E-state index in [1.807, 2.05) is 0 Å². The Labute approximate surface area is 219 Å². The van der Waals surface area contributed by atoms with Crippen molar-refractivity contribution in [2.75, 3.05) is 13.2 Å². The molecule has 0 aromatic heterocycles. The van der Waals surface area contributed by atoms with Crippen LogP contribution in [-0.4, -0.2) is 84.5 Å². The lowest BCUT2D eigenvalue weighted by Gasteiger charge is -2.45. The third-order valence-electron chi connectivity index (χ3n) is 5.16. The van der Waals surface area contributed by atoms with E-state index in [4.69, 9.17) is 0 Å². The first-order chi connectivity index (χ1) is 18.3. The van der Waals surface area contributed by atoms with Gasteiger partial charge in [-0.25, -0.2) is 0 Å². The Balaban J connectivity index is 7.15. The van der Waals surface area contributed by atoms with Crippen LogP contribution in [0.1, 0.15) is 6.42 Å². The van der Waals surface area contributed by atoms with E-state index in [1.165, 1.54) is 0 Å². The van der Waals surface area contributed by atoms with Gasteiger partial charge in [-0.2, -0.15) is 110 Å². The molecule has 43 heavy (non-hydrogen) atoms. The summed E-state index contributed by atoms with van der Waals surface area (Å²) in [7, 11) is 0. The van der Waals surface area contributed by atoms with Crippen molar-refractivity contribution in [3.8, 4) is 0 Å². The molecule has 0 aliphatic rings. The zero-order valence-corrected chi connectivity index (χ0v) is 19.3. The molecular formula is C17H9F25O. The van der Waals surface area contributed by atoms with E-state index >= 15 is 0 Å². The lowest BCUT2D eigenvalue weighted by molar-refractivity contribution is -0.482. The minimum Gasteiger partial charge on any atom is -0.377 e. The number of hydrogen-bond acceptors (Lipinski definition) is 1. The number of halogens is 25. The second kappa shape index (κ2) is 10.8. The molecule has 0 spiro atoms. The number of alkyl halides is 25. The summed E-state index contributed by atoms with van der Waals surface area (Å²) in [6.07, 6.45) is -10.4. The highest BCUT2D eigenvalue weighted by atomic mass is 19.4. The summed E-state index contributed by atoms with van der Waals surface area (Å²) >= 11 is 0. The normalized spacial score (nSPS) is 16.5. The third-order valence-corrected chi connectivity index (χ3v) is 5.16. The van der Waals surface area contributed by atoms with Gasteiger partial charge in [-0.05, 0) is 0 Å². The minimum atomic E-state index is -9.59. The van der Waals surface area contributed by atoms with Crippen LogP contribution in [-0.2, 0) is 4.74 Å². The fourth-order valence-electron chi connectivity index (χ4n) is 2.51. The highest BCUT2D eigenvalue weighted by Crippen LogP contribution is 2.67. The van der Waals surface area contributed by atoms with Crippen LogP contribution >= 0.6 is 0 Å². The Morgan fingerprint density at radius 3 is 0.837 bits per heavy atom. The van der Waals surface area contributed by atoms with Gasteiger partial charge in [0.15, 0.2) is 0 Å². The van der Waals surface area contributed by atoms with Gasteiger partial charge in [-0.3, -0.25) is 0 Å². The van der Waals surface area contributed by atoms with Gasteiger partial charge in [0.2, 0.25) is 0 Å². The van der Waals surface area contributed by atoms with Crippen LogP contribution in [0.5, 0.6) is 0 Å². The summed E-state index contributed by atoms with van der Waals surface area (Å²) in [4.78, 5) is 0. The molecule has 0 bridgehead atoms. The van der Waals surface area contributed by atoms with Gasteiger partial charge >= 0.3 is 71.3 Å². The Morgan fingerprint density at radius 2 is 0.605 bits per heavy atom. The molecule has 0 radical (unpaired) electrons. The van der Waals surface area contributed by atoms with Gasteiger partial charge in [0.1, 0.15) is 0 Å². The number of ether oxygens (including phenoxy) is 1. The maximum atomic E-state index is 13.7. The highest BCUT2D eigenvalue weighted by Gasteiger charge is 2.99. The molecule has 0 aliphatic heterocycles. The molecule has 0 fully saturated rings. The Morgan fingerprint density at radius 1 is 0.372 bits per heavy atom. The average Bonchev–Trinajstić information content (AvgIpc) is 2.79. The molecule has 0 aromatic rings. The Kier molecular flexibility index (Phi) is 10.3. The minimum absolute atomic E-state index is 0.640. The van der Waals surface area contributed by atoms with Gasteiger partial charge in [0.25, 0.3) is 0 Å². The standard InChI is InChI=1S/C17H9F25O/c1-2-4-43-5-3-6(18,19)7(20,21)8(22,23)9(24,25)10(26,27)11(28,29)12(30,31)13(32,33)14(34,35)15(36,37)16(38,39)17(40,41)42/h2H,1,3-5H2. The van der Waals surface area contributed by atoms with Crippen molar-refractivity contribution < 1.29 is 114 Å². The van der Waals surface area contributed by atoms with Gasteiger partial charge in [0.05, 0.1) is 13.2 Å². The van der Waals surface area contributed by atoms with Gasteiger partial charge in [0, 0.05) is 6.42 Å². The van der Waals surface area contributed by atoms with Crippen molar-refractivity contribution in [3.05, 3.63) is 12.7 Å². The van der Waals surface area contributed by atoms with Crippen molar-refractivity contribution >= 4 is 0 Å². The van der Waals surface area contributed by atoms with E-state index in [0.717, 1.165) is 0 Å². The van der Waals surface area contributed by atoms with E-state index in [-0.39, 0.29) is 0 Å². The molecule has 0 N–H and O–H groups in total. The van der Waals surface area contributed by atoms with E-state index in [2.05, 4.69) is 11.3 Å². The Hall–Kier alpha value is -2.05. The van der Waals surface area contributed by atoms with Gasteiger partial charge < -0.3 is 4.74 Å². The zero-order chi connectivity index (χ0) is 35.5. The topological polar surface area (TPSA) is 9.23 Å². The maximum Gasteiger partial charge on any atom is 0.460 e. The summed E-state index contributed by atoms with van der Waals surface area (Å²) in [6, 6.07) is 0. The van der Waals surface area contributed by atoms with Crippen LogP contribution in [0.25, 0.3) is 0 Å². The van der Waals surface area contributed by atoms with E-state index < -0.39 is 91.0 Å². The SMILES string of the molecule is C=CCOCCC(F)(F)C(F)(F)C(F)(F)C(F)(F)C(F)(F)C(F)(F)C(F)(F)C(F)(F)C(F)(F)C(F)(F)C(F)(F)C(F)(F)F. The largest absolute Gasteiger partial charge is 0.460 e. The molecule has 0 aromatic carbocycles. The fraction of sp³-hybridized carbons (Fsp3) is 0.882. The molecule has 0 atom stereocenters. The van der Waals surface area contributed by atoms with Gasteiger partial charge in [-0.15, -0.1) is 6.58 Å². The quantitative estimate of drug-likeness (QED) is 0.0940. The first-order valence-corrected chi connectivity index (χ1v) is 9.72. The third kappa shape index (κ3) is 5.32. The van der Waals surface area contributed by atoms with Crippen molar-refractivity contribution in [2.24, 2.45) is 0 Å². The summed E-state index contributed by atoms with van der Waals surface area (Å²) in [5.41, 5.74) is 0. The first-order valence-electron chi connectivity index (χ1n) is 9.72. The molecular weight excluding hydrogens is 695 g/mol. The van der Waals surface area contributed by atoms with E-state index in [9.17, 15) is 110 Å². The molecule has 0 saturated heterocycles. The number of hydrogen-bond donors (Lipinski definition) is 0. The lowest BCUT2D eigenvalue weighted by Crippen LogP contribution is -2.78. The van der Waals surface area contributed by atoms with Crippen molar-refractivity contribution in [1.29, 1.82) is 0 Å². The molecule has 0 saturated carbocycles. The summed E-state index contributed by atoms with van der Waals surface area (Å²) in [5, 5.41) is 0. The summed E-state index contributed by atoms with van der Waals surface area (Å²) in [6.45, 7) is 0.0503. The molecule has 0 unspecified atom stereocenters. The second-order valence-corrected chi connectivity index (χ2v) is 8.06. The molecule has 1 nitrogen and oxygen atoms in total. The average molecular weight is 704 g/mol. The lowest BCUT2D eigenvalue weighted by atomic mass is 9.84. The Bertz CT molecular complexity index is 988. The van der Waals surface area contributed by atoms with Gasteiger partial charge in [-0.1, -0.05) is 6.08 Å². The molecule has 258 valence electrons. The van der Waals surface area contributed by atoms with Crippen molar-refractivity contribution in [1.82, 2.24) is 0 Å². The second-order valence-electron chi connectivity index (χ2n) is 8.06. The van der Waals surface area contributed by atoms with Crippen LogP contribution in [0, 0.1) is 0 Å². The van der Waals surface area contributed by atoms with E-state index in [0.29, 0.717) is 6.08 Å². The first kappa shape index (κ1) is 40.9. The predicted octanol–water partition coefficient (Wildman–Crippen LogP) is 9.13. The maximum absolute atomic E-state index is 13.7.